The predicted molar refractivity (Wildman–Crippen MR) is 51.8 cm³/mol. The Labute approximate surface area is 79.0 Å². The van der Waals surface area contributed by atoms with E-state index in [1.807, 2.05) is 24.3 Å². The highest BCUT2D eigenvalue weighted by atomic mass is 14.5. The summed E-state index contributed by atoms with van der Waals surface area (Å²) in [7, 11) is 0. The van der Waals surface area contributed by atoms with E-state index in [0.717, 1.165) is 18.4 Å². The van der Waals surface area contributed by atoms with Crippen LogP contribution in [-0.2, 0) is 13.0 Å². The predicted octanol–water partition coefficient (Wildman–Crippen LogP) is 2.32. The molecule has 0 atom stereocenters. The second-order valence-corrected chi connectivity index (χ2v) is 2.96. The van der Waals surface area contributed by atoms with Crippen LogP contribution < -0.4 is 5.73 Å². The molecule has 0 bridgehead atoms. The molecule has 67 valence electrons. The molecule has 2 heteroatoms. The van der Waals surface area contributed by atoms with E-state index < -0.39 is 0 Å². The Bertz CT molecular complexity index is 299. The van der Waals surface area contributed by atoms with Crippen molar-refractivity contribution in [2.75, 3.05) is 0 Å². The quantitative estimate of drug-likeness (QED) is 0.644. The molecule has 0 saturated heterocycles. The van der Waals surface area contributed by atoms with E-state index in [4.69, 9.17) is 11.0 Å². The van der Waals surface area contributed by atoms with Crippen molar-refractivity contribution in [1.82, 2.24) is 5.73 Å². The Balaban J connectivity index is 2.60. The molecule has 1 N–H and O–H groups in total. The van der Waals surface area contributed by atoms with E-state index >= 15 is 0 Å². The highest BCUT2D eigenvalue weighted by Gasteiger charge is 1.98. The van der Waals surface area contributed by atoms with Crippen molar-refractivity contribution < 1.29 is 0 Å². The number of nitriles is 1. The fourth-order valence-electron chi connectivity index (χ4n) is 1.33. The minimum Gasteiger partial charge on any atom is -0.253 e. The first-order chi connectivity index (χ1) is 6.38. The molecule has 0 fully saturated rings. The number of rotatable bonds is 4. The van der Waals surface area contributed by atoms with E-state index in [-0.39, 0.29) is 0 Å². The van der Waals surface area contributed by atoms with Crippen LogP contribution in [0.25, 0.3) is 0 Å². The number of benzene rings is 1. The van der Waals surface area contributed by atoms with E-state index in [1.165, 1.54) is 5.56 Å². The Morgan fingerprint density at radius 2 is 1.92 bits per heavy atom. The summed E-state index contributed by atoms with van der Waals surface area (Å²) in [5, 5.41) is 8.38. The summed E-state index contributed by atoms with van der Waals surface area (Å²) in [6, 6.07) is 10.1. The molecule has 0 aromatic heterocycles. The van der Waals surface area contributed by atoms with Gasteiger partial charge < -0.3 is 0 Å². The molecule has 0 aliphatic rings. The molecule has 2 nitrogen and oxygen atoms in total. The largest absolute Gasteiger partial charge is 0.253 e. The number of unbranched alkanes of at least 4 members (excludes halogenated alkanes) is 1. The monoisotopic (exact) mass is 173 g/mol. The van der Waals surface area contributed by atoms with Crippen molar-refractivity contribution in [2.45, 2.75) is 25.8 Å². The third-order valence-corrected chi connectivity index (χ3v) is 2.04. The standard InChI is InChI=1S/C11H13N2/c12-8-4-3-6-10-5-1-2-7-11(10)9-13/h1-2,5,7,13H,3-4,6,9H2. The lowest BCUT2D eigenvalue weighted by atomic mass is 10.0. The molecular formula is C11H13N2. The molecule has 0 unspecified atom stereocenters. The van der Waals surface area contributed by atoms with Gasteiger partial charge in [0.05, 0.1) is 6.07 Å². The molecule has 0 heterocycles. The Hall–Kier alpha value is -1.33. The summed E-state index contributed by atoms with van der Waals surface area (Å²) in [4.78, 5) is 0. The molecule has 1 rings (SSSR count). The zero-order valence-electron chi connectivity index (χ0n) is 7.59. The molecule has 0 saturated carbocycles. The summed E-state index contributed by atoms with van der Waals surface area (Å²) in [5.74, 6) is 0. The average Bonchev–Trinajstić information content (AvgIpc) is 2.19. The first-order valence-corrected chi connectivity index (χ1v) is 4.47. The second kappa shape index (κ2) is 5.34. The smallest absolute Gasteiger partial charge is 0.0621 e. The van der Waals surface area contributed by atoms with Crippen molar-refractivity contribution in [3.63, 3.8) is 0 Å². The van der Waals surface area contributed by atoms with Gasteiger partial charge in [0.1, 0.15) is 0 Å². The molecular weight excluding hydrogens is 160 g/mol. The van der Waals surface area contributed by atoms with Gasteiger partial charge in [0.25, 0.3) is 0 Å². The Kier molecular flexibility index (Phi) is 4.01. The van der Waals surface area contributed by atoms with E-state index in [1.54, 1.807) is 0 Å². The van der Waals surface area contributed by atoms with Gasteiger partial charge in [0.15, 0.2) is 0 Å². The van der Waals surface area contributed by atoms with Gasteiger partial charge in [-0.3, -0.25) is 5.73 Å². The highest BCUT2D eigenvalue weighted by molar-refractivity contribution is 5.26. The highest BCUT2D eigenvalue weighted by Crippen LogP contribution is 2.11. The van der Waals surface area contributed by atoms with Gasteiger partial charge >= 0.3 is 0 Å². The van der Waals surface area contributed by atoms with E-state index in [9.17, 15) is 0 Å². The first-order valence-electron chi connectivity index (χ1n) is 4.47. The van der Waals surface area contributed by atoms with Gasteiger partial charge in [-0.1, -0.05) is 24.3 Å². The number of aryl methyl sites for hydroxylation is 1. The number of nitrogens with one attached hydrogen (secondary N) is 1. The Morgan fingerprint density at radius 3 is 2.54 bits per heavy atom. The SMILES string of the molecule is N#CCCCc1ccccc1C[NH]. The summed E-state index contributed by atoms with van der Waals surface area (Å²) < 4.78 is 0. The molecule has 0 aliphatic heterocycles. The molecule has 1 aromatic rings. The molecule has 1 radical (unpaired) electrons. The van der Waals surface area contributed by atoms with Gasteiger partial charge in [-0.15, -0.1) is 0 Å². The van der Waals surface area contributed by atoms with Crippen molar-refractivity contribution in [2.24, 2.45) is 0 Å². The zero-order chi connectivity index (χ0) is 9.52. The zero-order valence-corrected chi connectivity index (χ0v) is 7.59. The molecule has 0 spiro atoms. The molecule has 0 amide bonds. The fourth-order valence-corrected chi connectivity index (χ4v) is 1.33. The van der Waals surface area contributed by atoms with Gasteiger partial charge in [-0.05, 0) is 24.0 Å². The van der Waals surface area contributed by atoms with Crippen LogP contribution in [0.2, 0.25) is 0 Å². The lowest BCUT2D eigenvalue weighted by molar-refractivity contribution is 0.832. The van der Waals surface area contributed by atoms with Crippen LogP contribution in [0, 0.1) is 11.3 Å². The lowest BCUT2D eigenvalue weighted by Crippen LogP contribution is -1.94. The van der Waals surface area contributed by atoms with Crippen molar-refractivity contribution in [1.29, 1.82) is 5.26 Å². The average molecular weight is 173 g/mol. The first kappa shape index (κ1) is 9.76. The van der Waals surface area contributed by atoms with Crippen LogP contribution >= 0.6 is 0 Å². The third kappa shape index (κ3) is 2.89. The maximum Gasteiger partial charge on any atom is 0.0621 e. The number of hydrogen-bond donors (Lipinski definition) is 0. The van der Waals surface area contributed by atoms with Crippen LogP contribution in [-0.4, -0.2) is 0 Å². The summed E-state index contributed by atoms with van der Waals surface area (Å²) >= 11 is 0. The van der Waals surface area contributed by atoms with Gasteiger partial charge in [0, 0.05) is 13.0 Å². The van der Waals surface area contributed by atoms with Crippen molar-refractivity contribution in [3.05, 3.63) is 35.4 Å². The third-order valence-electron chi connectivity index (χ3n) is 2.04. The van der Waals surface area contributed by atoms with Gasteiger partial charge in [-0.25, -0.2) is 0 Å². The van der Waals surface area contributed by atoms with Crippen LogP contribution in [0.15, 0.2) is 24.3 Å². The lowest BCUT2D eigenvalue weighted by Gasteiger charge is -2.04. The van der Waals surface area contributed by atoms with Crippen molar-refractivity contribution >= 4 is 0 Å². The fraction of sp³-hybridized carbons (Fsp3) is 0.364. The van der Waals surface area contributed by atoms with Crippen molar-refractivity contribution in [3.8, 4) is 6.07 Å². The van der Waals surface area contributed by atoms with Crippen LogP contribution in [0.5, 0.6) is 0 Å². The number of nitrogens with zero attached hydrogens (tertiary/aromatic N) is 1. The summed E-state index contributed by atoms with van der Waals surface area (Å²) in [6.07, 6.45) is 2.42. The summed E-state index contributed by atoms with van der Waals surface area (Å²) in [6.45, 7) is 0.336. The molecule has 0 aliphatic carbocycles. The second-order valence-electron chi connectivity index (χ2n) is 2.96. The molecule has 1 aromatic carbocycles. The minimum atomic E-state index is 0.336. The number of hydrogen-bond acceptors (Lipinski definition) is 1. The maximum atomic E-state index is 8.38. The normalized spacial score (nSPS) is 9.54. The van der Waals surface area contributed by atoms with Crippen LogP contribution in [0.4, 0.5) is 0 Å². The minimum absolute atomic E-state index is 0.336. The van der Waals surface area contributed by atoms with Gasteiger partial charge in [-0.2, -0.15) is 5.26 Å². The van der Waals surface area contributed by atoms with Crippen LogP contribution in [0.3, 0.4) is 0 Å². The Morgan fingerprint density at radius 1 is 1.23 bits per heavy atom. The topological polar surface area (TPSA) is 47.6 Å². The maximum absolute atomic E-state index is 8.38. The van der Waals surface area contributed by atoms with E-state index in [2.05, 4.69) is 6.07 Å². The van der Waals surface area contributed by atoms with E-state index in [0.29, 0.717) is 13.0 Å². The van der Waals surface area contributed by atoms with Crippen LogP contribution in [0.1, 0.15) is 24.0 Å². The van der Waals surface area contributed by atoms with Gasteiger partial charge in [0.2, 0.25) is 0 Å². The summed E-state index contributed by atoms with van der Waals surface area (Å²) in [5.41, 5.74) is 9.60. The molecule has 13 heavy (non-hydrogen) atoms.